The molecule has 1 amide bonds. The number of fused-ring (bicyclic) bond motifs is 1. The van der Waals surface area contributed by atoms with Crippen molar-refractivity contribution in [3.05, 3.63) is 91.2 Å². The van der Waals surface area contributed by atoms with Crippen LogP contribution < -0.4 is 14.9 Å². The van der Waals surface area contributed by atoms with Gasteiger partial charge in [-0.2, -0.15) is 5.10 Å². The van der Waals surface area contributed by atoms with Crippen LogP contribution in [0, 0.1) is 10.5 Å². The van der Waals surface area contributed by atoms with Gasteiger partial charge in [-0.1, -0.05) is 29.8 Å². The molecule has 3 aromatic carbocycles. The number of halogens is 2. The van der Waals surface area contributed by atoms with Crippen LogP contribution in [0.3, 0.4) is 0 Å². The van der Waals surface area contributed by atoms with Gasteiger partial charge in [-0.3, -0.25) is 4.79 Å². The van der Waals surface area contributed by atoms with Crippen LogP contribution in [0.15, 0.2) is 74.7 Å². The molecule has 1 N–H and O–H groups in total. The lowest BCUT2D eigenvalue weighted by molar-refractivity contribution is 0.0929. The molecule has 0 saturated heterocycles. The number of furan rings is 1. The minimum Gasteiger partial charge on any atom is -0.494 e. The van der Waals surface area contributed by atoms with Crippen LogP contribution in [-0.2, 0) is 6.61 Å². The van der Waals surface area contributed by atoms with Gasteiger partial charge in [-0.15, -0.1) is 0 Å². The summed E-state index contributed by atoms with van der Waals surface area (Å²) in [6.45, 7) is 5.02. The summed E-state index contributed by atoms with van der Waals surface area (Å²) in [5, 5.41) is 4.87. The van der Waals surface area contributed by atoms with Gasteiger partial charge in [0.2, 0.25) is 0 Å². The average Bonchev–Trinajstić information content (AvgIpc) is 3.23. The molecule has 1 heterocycles. The number of nitrogens with zero attached hydrogens (tertiary/aromatic N) is 1. The number of ether oxygens (including phenoxy) is 2. The van der Waals surface area contributed by atoms with E-state index in [0.29, 0.717) is 18.8 Å². The molecule has 4 rings (SSSR count). The van der Waals surface area contributed by atoms with Crippen LogP contribution >= 0.6 is 38.5 Å². The van der Waals surface area contributed by atoms with Crippen molar-refractivity contribution in [2.75, 3.05) is 6.61 Å². The standard InChI is InChI=1S/C26H22BrIN2O4/c1-3-32-20-8-9-23-19(12-20)13-24(34-23)26(31)30-29-14-18-10-21(27)25(22(28)11-18)33-15-17-6-4-16(2)5-7-17/h4-14H,3,15H2,1-2H3,(H,30,31)/b29-14+. The van der Waals surface area contributed by atoms with E-state index >= 15 is 0 Å². The first-order valence-corrected chi connectivity index (χ1v) is 12.5. The number of hydrogen-bond donors (Lipinski definition) is 1. The maximum absolute atomic E-state index is 12.5. The monoisotopic (exact) mass is 632 g/mol. The van der Waals surface area contributed by atoms with E-state index < -0.39 is 5.91 Å². The lowest BCUT2D eigenvalue weighted by Gasteiger charge is -2.11. The molecule has 0 radical (unpaired) electrons. The van der Waals surface area contributed by atoms with Crippen LogP contribution in [-0.4, -0.2) is 18.7 Å². The molecule has 34 heavy (non-hydrogen) atoms. The van der Waals surface area contributed by atoms with E-state index in [9.17, 15) is 4.79 Å². The summed E-state index contributed by atoms with van der Waals surface area (Å²) in [6.07, 6.45) is 1.57. The molecule has 0 fully saturated rings. The highest BCUT2D eigenvalue weighted by Gasteiger charge is 2.13. The number of nitrogens with one attached hydrogen (secondary N) is 1. The first-order chi connectivity index (χ1) is 16.4. The second-order valence-corrected chi connectivity index (χ2v) is 9.55. The molecule has 0 aliphatic rings. The van der Waals surface area contributed by atoms with E-state index in [-0.39, 0.29) is 5.76 Å². The number of rotatable bonds is 8. The van der Waals surface area contributed by atoms with Crippen LogP contribution in [0.5, 0.6) is 11.5 Å². The smallest absolute Gasteiger partial charge is 0.307 e. The predicted octanol–water partition coefficient (Wildman–Crippen LogP) is 6.85. The van der Waals surface area contributed by atoms with E-state index in [2.05, 4.69) is 80.2 Å². The van der Waals surface area contributed by atoms with Crippen LogP contribution in [0.2, 0.25) is 0 Å². The Hall–Kier alpha value is -2.85. The zero-order valence-corrected chi connectivity index (χ0v) is 22.3. The summed E-state index contributed by atoms with van der Waals surface area (Å²) in [4.78, 5) is 12.5. The predicted molar refractivity (Wildman–Crippen MR) is 145 cm³/mol. The molecular formula is C26H22BrIN2O4. The summed E-state index contributed by atoms with van der Waals surface area (Å²) in [5.41, 5.74) is 6.24. The summed E-state index contributed by atoms with van der Waals surface area (Å²) < 4.78 is 18.9. The molecule has 4 aromatic rings. The summed E-state index contributed by atoms with van der Waals surface area (Å²) in [6, 6.07) is 19.2. The lowest BCUT2D eigenvalue weighted by Crippen LogP contribution is -2.16. The molecule has 0 unspecified atom stereocenters. The van der Waals surface area contributed by atoms with Crippen molar-refractivity contribution in [2.24, 2.45) is 5.10 Å². The molecule has 1 aromatic heterocycles. The number of amides is 1. The third-order valence-electron chi connectivity index (χ3n) is 4.93. The molecule has 174 valence electrons. The Morgan fingerprint density at radius 2 is 1.91 bits per heavy atom. The molecule has 6 nitrogen and oxygen atoms in total. The van der Waals surface area contributed by atoms with Crippen molar-refractivity contribution in [2.45, 2.75) is 20.5 Å². The Labute approximate surface area is 219 Å². The number of carbonyl (C=O) groups is 1. The molecule has 0 bridgehead atoms. The van der Waals surface area contributed by atoms with E-state index in [1.807, 2.05) is 31.2 Å². The maximum Gasteiger partial charge on any atom is 0.307 e. The largest absolute Gasteiger partial charge is 0.494 e. The Morgan fingerprint density at radius 3 is 2.65 bits per heavy atom. The Bertz CT molecular complexity index is 1330. The zero-order chi connectivity index (χ0) is 24.1. The molecule has 0 spiro atoms. The van der Waals surface area contributed by atoms with Gasteiger partial charge in [0.15, 0.2) is 5.76 Å². The second-order valence-electron chi connectivity index (χ2n) is 7.53. The van der Waals surface area contributed by atoms with Gasteiger partial charge < -0.3 is 13.9 Å². The number of hydrogen-bond acceptors (Lipinski definition) is 5. The van der Waals surface area contributed by atoms with Gasteiger partial charge in [0.25, 0.3) is 0 Å². The topological polar surface area (TPSA) is 73.1 Å². The molecule has 0 aliphatic heterocycles. The summed E-state index contributed by atoms with van der Waals surface area (Å²) >= 11 is 5.79. The third-order valence-corrected chi connectivity index (χ3v) is 6.32. The molecule has 0 atom stereocenters. The highest BCUT2D eigenvalue weighted by molar-refractivity contribution is 14.1. The molecular weight excluding hydrogens is 611 g/mol. The fourth-order valence-corrected chi connectivity index (χ4v) is 5.01. The minimum absolute atomic E-state index is 0.177. The number of benzene rings is 3. The second kappa shape index (κ2) is 11.1. The van der Waals surface area contributed by atoms with Gasteiger partial charge in [0.05, 0.1) is 20.9 Å². The number of carbonyl (C=O) groups excluding carboxylic acids is 1. The van der Waals surface area contributed by atoms with Crippen molar-refractivity contribution in [1.82, 2.24) is 5.43 Å². The third kappa shape index (κ3) is 5.98. The average molecular weight is 633 g/mol. The van der Waals surface area contributed by atoms with Crippen molar-refractivity contribution in [1.29, 1.82) is 0 Å². The molecule has 0 aliphatic carbocycles. The van der Waals surface area contributed by atoms with Crippen molar-refractivity contribution in [3.8, 4) is 11.5 Å². The fraction of sp³-hybridized carbons (Fsp3) is 0.154. The SMILES string of the molecule is CCOc1ccc2oc(C(=O)N/N=C/c3cc(Br)c(OCc4ccc(C)cc4)c(I)c3)cc2c1. The van der Waals surface area contributed by atoms with E-state index in [4.69, 9.17) is 13.9 Å². The molecule has 8 heteroatoms. The van der Waals surface area contributed by atoms with Crippen molar-refractivity contribution in [3.63, 3.8) is 0 Å². The molecule has 0 saturated carbocycles. The van der Waals surface area contributed by atoms with Gasteiger partial charge in [0, 0.05) is 5.39 Å². The fourth-order valence-electron chi connectivity index (χ4n) is 3.24. The maximum atomic E-state index is 12.5. The van der Waals surface area contributed by atoms with Crippen molar-refractivity contribution >= 4 is 61.6 Å². The first kappa shape index (κ1) is 24.3. The summed E-state index contributed by atoms with van der Waals surface area (Å²) in [5.74, 6) is 1.23. The first-order valence-electron chi connectivity index (χ1n) is 10.6. The van der Waals surface area contributed by atoms with Crippen LogP contribution in [0.25, 0.3) is 11.0 Å². The summed E-state index contributed by atoms with van der Waals surface area (Å²) in [7, 11) is 0. The van der Waals surface area contributed by atoms with E-state index in [1.54, 1.807) is 18.3 Å². The van der Waals surface area contributed by atoms with Crippen LogP contribution in [0.1, 0.15) is 34.2 Å². The zero-order valence-electron chi connectivity index (χ0n) is 18.6. The normalized spacial score (nSPS) is 11.2. The van der Waals surface area contributed by atoms with E-state index in [0.717, 1.165) is 36.1 Å². The van der Waals surface area contributed by atoms with Gasteiger partial charge in [0.1, 0.15) is 23.7 Å². The minimum atomic E-state index is -0.433. The highest BCUT2D eigenvalue weighted by Crippen LogP contribution is 2.32. The number of hydrazone groups is 1. The Kier molecular flexibility index (Phi) is 7.89. The van der Waals surface area contributed by atoms with Gasteiger partial charge >= 0.3 is 5.91 Å². The van der Waals surface area contributed by atoms with Crippen molar-refractivity contribution < 1.29 is 18.7 Å². The quantitative estimate of drug-likeness (QED) is 0.131. The Balaban J connectivity index is 1.39. The Morgan fingerprint density at radius 1 is 1.12 bits per heavy atom. The van der Waals surface area contributed by atoms with Gasteiger partial charge in [-0.05, 0) is 99.9 Å². The number of aryl methyl sites for hydroxylation is 1. The highest BCUT2D eigenvalue weighted by atomic mass is 127. The van der Waals surface area contributed by atoms with Gasteiger partial charge in [-0.25, -0.2) is 5.43 Å². The van der Waals surface area contributed by atoms with Crippen LogP contribution in [0.4, 0.5) is 0 Å². The lowest BCUT2D eigenvalue weighted by atomic mass is 10.2. The van der Waals surface area contributed by atoms with E-state index in [1.165, 1.54) is 5.56 Å².